The van der Waals surface area contributed by atoms with Crippen molar-refractivity contribution >= 4 is 12.4 Å². The number of rotatable bonds is 4. The third-order valence-corrected chi connectivity index (χ3v) is 2.51. The van der Waals surface area contributed by atoms with Gasteiger partial charge in [-0.25, -0.2) is 9.18 Å². The number of halogens is 1. The highest BCUT2D eigenvalue weighted by Gasteiger charge is 2.40. The molecule has 0 aliphatic carbocycles. The molecule has 0 aliphatic heterocycles. The molecule has 1 atom stereocenters. The predicted octanol–water partition coefficient (Wildman–Crippen LogP) is 0.609. The van der Waals surface area contributed by atoms with E-state index in [2.05, 4.69) is 4.98 Å². The van der Waals surface area contributed by atoms with Gasteiger partial charge in [-0.15, -0.1) is 0 Å². The van der Waals surface area contributed by atoms with Gasteiger partial charge in [0.05, 0.1) is 11.9 Å². The minimum absolute atomic E-state index is 0.0935. The fourth-order valence-corrected chi connectivity index (χ4v) is 1.21. The van der Waals surface area contributed by atoms with Gasteiger partial charge in [0.2, 0.25) is 6.41 Å². The van der Waals surface area contributed by atoms with E-state index in [1.165, 1.54) is 20.0 Å². The van der Waals surface area contributed by atoms with E-state index in [0.717, 1.165) is 17.2 Å². The van der Waals surface area contributed by atoms with Crippen LogP contribution in [0.4, 0.5) is 4.39 Å². The van der Waals surface area contributed by atoms with E-state index in [0.29, 0.717) is 6.41 Å². The highest BCUT2D eigenvalue weighted by atomic mass is 19.1. The molecule has 0 aliphatic rings. The molecule has 1 aromatic rings. The van der Waals surface area contributed by atoms with Gasteiger partial charge in [0.25, 0.3) is 0 Å². The van der Waals surface area contributed by atoms with E-state index in [-0.39, 0.29) is 5.69 Å². The van der Waals surface area contributed by atoms with Crippen LogP contribution in [0.25, 0.3) is 0 Å². The van der Waals surface area contributed by atoms with Crippen LogP contribution >= 0.6 is 0 Å². The van der Waals surface area contributed by atoms with Crippen molar-refractivity contribution in [1.82, 2.24) is 9.88 Å². The molecule has 6 heteroatoms. The number of pyridine rings is 1. The molecule has 1 amide bonds. The molecule has 0 fully saturated rings. The molecule has 1 rings (SSSR count). The summed E-state index contributed by atoms with van der Waals surface area (Å²) in [4.78, 5) is 26.5. The average molecular weight is 226 g/mol. The number of carbonyl (C=O) groups excluding carboxylic acids is 1. The largest absolute Gasteiger partial charge is 0.479 e. The van der Waals surface area contributed by atoms with Gasteiger partial charge < -0.3 is 10.0 Å². The fraction of sp³-hybridized carbons (Fsp3) is 0.300. The zero-order valence-electron chi connectivity index (χ0n) is 8.85. The van der Waals surface area contributed by atoms with Crippen LogP contribution in [0.3, 0.4) is 0 Å². The Labute approximate surface area is 91.5 Å². The zero-order chi connectivity index (χ0) is 12.3. The maximum atomic E-state index is 12.7. The lowest BCUT2D eigenvalue weighted by Gasteiger charge is -2.31. The first-order valence-corrected chi connectivity index (χ1v) is 4.46. The van der Waals surface area contributed by atoms with Crippen molar-refractivity contribution in [2.24, 2.45) is 0 Å². The third-order valence-electron chi connectivity index (χ3n) is 2.51. The number of nitrogens with zero attached hydrogens (tertiary/aromatic N) is 2. The minimum Gasteiger partial charge on any atom is -0.479 e. The Morgan fingerprint density at radius 2 is 2.25 bits per heavy atom. The molecule has 0 saturated carbocycles. The Bertz CT molecular complexity index is 407. The first-order chi connectivity index (χ1) is 7.42. The Kier molecular flexibility index (Phi) is 3.22. The molecule has 0 bridgehead atoms. The Balaban J connectivity index is 3.26. The van der Waals surface area contributed by atoms with E-state index < -0.39 is 17.3 Å². The topological polar surface area (TPSA) is 70.5 Å². The molecule has 1 unspecified atom stereocenters. The van der Waals surface area contributed by atoms with Crippen LogP contribution in [0, 0.1) is 5.82 Å². The van der Waals surface area contributed by atoms with E-state index in [4.69, 9.17) is 5.11 Å². The van der Waals surface area contributed by atoms with Crippen LogP contribution < -0.4 is 0 Å². The first-order valence-electron chi connectivity index (χ1n) is 4.46. The Hall–Kier alpha value is -1.98. The quantitative estimate of drug-likeness (QED) is 0.763. The van der Waals surface area contributed by atoms with Gasteiger partial charge in [-0.1, -0.05) is 0 Å². The number of amides is 1. The molecule has 0 saturated heterocycles. The van der Waals surface area contributed by atoms with Crippen LogP contribution in [-0.4, -0.2) is 34.4 Å². The molecule has 1 heterocycles. The van der Waals surface area contributed by atoms with Crippen molar-refractivity contribution in [3.05, 3.63) is 29.8 Å². The first kappa shape index (κ1) is 12.1. The molecule has 86 valence electrons. The van der Waals surface area contributed by atoms with Crippen molar-refractivity contribution in [3.8, 4) is 0 Å². The van der Waals surface area contributed by atoms with Crippen LogP contribution in [0.2, 0.25) is 0 Å². The van der Waals surface area contributed by atoms with Crippen molar-refractivity contribution in [2.45, 2.75) is 12.5 Å². The van der Waals surface area contributed by atoms with Gasteiger partial charge in [-0.05, 0) is 19.1 Å². The molecule has 5 nitrogen and oxygen atoms in total. The summed E-state index contributed by atoms with van der Waals surface area (Å²) in [5.41, 5.74) is -1.51. The van der Waals surface area contributed by atoms with Crippen molar-refractivity contribution in [1.29, 1.82) is 0 Å². The molecule has 1 aromatic heterocycles. The third kappa shape index (κ3) is 1.86. The van der Waals surface area contributed by atoms with Crippen molar-refractivity contribution in [3.63, 3.8) is 0 Å². The Morgan fingerprint density at radius 1 is 1.62 bits per heavy atom. The van der Waals surface area contributed by atoms with E-state index in [1.54, 1.807) is 0 Å². The molecule has 1 N–H and O–H groups in total. The van der Waals surface area contributed by atoms with E-state index in [9.17, 15) is 14.0 Å². The standard InChI is InChI=1S/C10H11FN2O3/c1-10(9(15)16,13(2)6-14)8-4-3-7(11)5-12-8/h3-6H,1-2H3,(H,15,16). The minimum atomic E-state index is -1.60. The number of hydrogen-bond acceptors (Lipinski definition) is 3. The van der Waals surface area contributed by atoms with Crippen molar-refractivity contribution < 1.29 is 19.1 Å². The fourth-order valence-electron chi connectivity index (χ4n) is 1.21. The van der Waals surface area contributed by atoms with Crippen molar-refractivity contribution in [2.75, 3.05) is 7.05 Å². The molecular weight excluding hydrogens is 215 g/mol. The maximum Gasteiger partial charge on any atom is 0.335 e. The Morgan fingerprint density at radius 3 is 2.62 bits per heavy atom. The van der Waals surface area contributed by atoms with Gasteiger partial charge in [0.15, 0.2) is 5.54 Å². The van der Waals surface area contributed by atoms with Gasteiger partial charge in [0, 0.05) is 7.05 Å². The number of carboxylic acid groups (broad SMARTS) is 1. The SMILES string of the molecule is CN(C=O)C(C)(C(=O)O)c1ccc(F)cn1. The molecule has 0 aromatic carbocycles. The smallest absolute Gasteiger partial charge is 0.335 e. The summed E-state index contributed by atoms with van der Waals surface area (Å²) in [6.45, 7) is 1.32. The number of aromatic nitrogens is 1. The molecular formula is C10H11FN2O3. The maximum absolute atomic E-state index is 12.7. The van der Waals surface area contributed by atoms with Gasteiger partial charge in [-0.2, -0.15) is 0 Å². The second-order valence-corrected chi connectivity index (χ2v) is 3.46. The zero-order valence-corrected chi connectivity index (χ0v) is 8.85. The number of carboxylic acids is 1. The second-order valence-electron chi connectivity index (χ2n) is 3.46. The summed E-state index contributed by atoms with van der Waals surface area (Å²) < 4.78 is 12.7. The van der Waals surface area contributed by atoms with Gasteiger partial charge in [0.1, 0.15) is 5.82 Å². The normalized spacial score (nSPS) is 13.9. The van der Waals surface area contributed by atoms with E-state index in [1.807, 2.05) is 0 Å². The van der Waals surface area contributed by atoms with Crippen LogP contribution in [0.1, 0.15) is 12.6 Å². The highest BCUT2D eigenvalue weighted by Crippen LogP contribution is 2.24. The predicted molar refractivity (Wildman–Crippen MR) is 53.0 cm³/mol. The summed E-state index contributed by atoms with van der Waals surface area (Å²) in [6.07, 6.45) is 1.30. The lowest BCUT2D eigenvalue weighted by molar-refractivity contribution is -0.153. The number of hydrogen-bond donors (Lipinski definition) is 1. The molecule has 16 heavy (non-hydrogen) atoms. The lowest BCUT2D eigenvalue weighted by atomic mass is 9.96. The monoisotopic (exact) mass is 226 g/mol. The van der Waals surface area contributed by atoms with Crippen LogP contribution in [0.15, 0.2) is 18.3 Å². The summed E-state index contributed by atoms with van der Waals surface area (Å²) in [7, 11) is 1.33. The van der Waals surface area contributed by atoms with Crippen LogP contribution in [-0.2, 0) is 15.1 Å². The van der Waals surface area contributed by atoms with Gasteiger partial charge in [-0.3, -0.25) is 9.78 Å². The number of carbonyl (C=O) groups is 2. The van der Waals surface area contributed by atoms with Gasteiger partial charge >= 0.3 is 5.97 Å². The summed E-state index contributed by atoms with van der Waals surface area (Å²) >= 11 is 0. The number of aliphatic carboxylic acids is 1. The summed E-state index contributed by atoms with van der Waals surface area (Å²) in [5, 5.41) is 9.12. The van der Waals surface area contributed by atoms with E-state index >= 15 is 0 Å². The average Bonchev–Trinajstić information content (AvgIpc) is 2.27. The number of likely N-dealkylation sites (N-methyl/N-ethyl adjacent to an activating group) is 1. The molecule has 0 spiro atoms. The lowest BCUT2D eigenvalue weighted by Crippen LogP contribution is -2.47. The van der Waals surface area contributed by atoms with Crippen LogP contribution in [0.5, 0.6) is 0 Å². The highest BCUT2D eigenvalue weighted by molar-refractivity contribution is 5.82. The second kappa shape index (κ2) is 4.26. The molecule has 0 radical (unpaired) electrons. The summed E-state index contributed by atoms with van der Waals surface area (Å²) in [6, 6.07) is 2.34. The summed E-state index contributed by atoms with van der Waals surface area (Å²) in [5.74, 6) is -1.80.